The first kappa shape index (κ1) is 13.3. The van der Waals surface area contributed by atoms with Gasteiger partial charge in [-0.15, -0.1) is 0 Å². The lowest BCUT2D eigenvalue weighted by Gasteiger charge is -2.57. The Kier molecular flexibility index (Phi) is 2.65. The minimum Gasteiger partial charge on any atom is -0.393 e. The lowest BCUT2D eigenvalue weighted by molar-refractivity contribution is -0.392. The Morgan fingerprint density at radius 1 is 0.714 bits per heavy atom. The number of hydrogen-bond donors (Lipinski definition) is 2. The zero-order chi connectivity index (χ0) is 14.2. The molecule has 5 saturated carbocycles. The van der Waals surface area contributed by atoms with Crippen LogP contribution in [0.25, 0.3) is 0 Å². The number of aliphatic hydroxyl groups excluding tert-OH is 2. The zero-order valence-corrected chi connectivity index (χ0v) is 12.2. The van der Waals surface area contributed by atoms with Crippen molar-refractivity contribution in [1.82, 2.24) is 0 Å². The topological polar surface area (TPSA) is 68.2 Å². The number of rotatable bonds is 0. The second-order valence-corrected chi connectivity index (χ2v) is 8.16. The summed E-state index contributed by atoms with van der Waals surface area (Å²) in [5, 5.41) is 19.9. The molecule has 1 heterocycles. The third-order valence-corrected chi connectivity index (χ3v) is 6.58. The van der Waals surface area contributed by atoms with E-state index in [1.807, 2.05) is 0 Å². The van der Waals surface area contributed by atoms with Gasteiger partial charge in [-0.3, -0.25) is 0 Å². The van der Waals surface area contributed by atoms with Gasteiger partial charge in [-0.25, -0.2) is 0 Å². The molecule has 2 unspecified atom stereocenters. The second-order valence-electron chi connectivity index (χ2n) is 8.16. The predicted molar refractivity (Wildman–Crippen MR) is 71.6 cm³/mol. The Balaban J connectivity index is 1.44. The molecule has 2 N–H and O–H groups in total. The van der Waals surface area contributed by atoms with Gasteiger partial charge in [0.15, 0.2) is 0 Å². The van der Waals surface area contributed by atoms with Crippen LogP contribution in [0.2, 0.25) is 0 Å². The van der Waals surface area contributed by atoms with Gasteiger partial charge in [0.05, 0.1) is 12.2 Å². The molecule has 4 bridgehead atoms. The van der Waals surface area contributed by atoms with Gasteiger partial charge in [-0.05, 0) is 50.4 Å². The molecule has 5 heteroatoms. The molecule has 2 atom stereocenters. The van der Waals surface area contributed by atoms with E-state index in [2.05, 4.69) is 0 Å². The lowest BCUT2D eigenvalue weighted by Crippen LogP contribution is -2.59. The van der Waals surface area contributed by atoms with Crippen molar-refractivity contribution in [2.45, 2.75) is 75.1 Å². The third kappa shape index (κ3) is 1.81. The normalized spacial score (nSPS) is 62.0. The van der Waals surface area contributed by atoms with Crippen molar-refractivity contribution in [3.05, 3.63) is 0 Å². The molecule has 6 aliphatic rings. The van der Waals surface area contributed by atoms with Crippen LogP contribution in [0.5, 0.6) is 0 Å². The summed E-state index contributed by atoms with van der Waals surface area (Å²) in [7, 11) is 0. The van der Waals surface area contributed by atoms with Gasteiger partial charge in [0.25, 0.3) is 0 Å². The summed E-state index contributed by atoms with van der Waals surface area (Å²) in [5.74, 6) is 0.971. The Bertz CT molecular complexity index is 412. The summed E-state index contributed by atoms with van der Waals surface area (Å²) in [6, 6.07) is 0. The highest BCUT2D eigenvalue weighted by atomic mass is 17.3. The smallest absolute Gasteiger partial charge is 0.210 e. The van der Waals surface area contributed by atoms with Gasteiger partial charge in [-0.2, -0.15) is 9.78 Å². The summed E-state index contributed by atoms with van der Waals surface area (Å²) in [6.07, 6.45) is 6.14. The molecule has 0 aromatic rings. The third-order valence-electron chi connectivity index (χ3n) is 6.58. The molecule has 0 aromatic heterocycles. The fourth-order valence-corrected chi connectivity index (χ4v) is 6.04. The maximum Gasteiger partial charge on any atom is 0.210 e. The predicted octanol–water partition coefficient (Wildman–Crippen LogP) is 1.72. The van der Waals surface area contributed by atoms with E-state index >= 15 is 0 Å². The Morgan fingerprint density at radius 2 is 1.29 bits per heavy atom. The Morgan fingerprint density at radius 3 is 1.86 bits per heavy atom. The van der Waals surface area contributed by atoms with Crippen LogP contribution in [0.4, 0.5) is 0 Å². The van der Waals surface area contributed by atoms with Gasteiger partial charge in [0.2, 0.25) is 11.6 Å². The SMILES string of the molecule is OC1CC(O)CC2(C1)OOC1(O2)C2CC3CC(C2)CC1C3. The molecule has 2 spiro atoms. The van der Waals surface area contributed by atoms with Crippen LogP contribution in [0, 0.1) is 23.7 Å². The first-order valence-electron chi connectivity index (χ1n) is 8.50. The summed E-state index contributed by atoms with van der Waals surface area (Å²) in [5.41, 5.74) is 0. The van der Waals surface area contributed by atoms with Crippen LogP contribution in [-0.2, 0) is 14.5 Å². The molecule has 118 valence electrons. The summed E-state index contributed by atoms with van der Waals surface area (Å²) in [4.78, 5) is 11.5. The van der Waals surface area contributed by atoms with E-state index in [0.29, 0.717) is 31.1 Å². The van der Waals surface area contributed by atoms with Crippen molar-refractivity contribution >= 4 is 0 Å². The monoisotopic (exact) mass is 296 g/mol. The Labute approximate surface area is 124 Å². The van der Waals surface area contributed by atoms with E-state index < -0.39 is 23.8 Å². The van der Waals surface area contributed by atoms with Crippen LogP contribution in [-0.4, -0.2) is 34.0 Å². The van der Waals surface area contributed by atoms with E-state index in [1.54, 1.807) is 0 Å². The fraction of sp³-hybridized carbons (Fsp3) is 1.00. The molecule has 1 aliphatic heterocycles. The van der Waals surface area contributed by atoms with Crippen molar-refractivity contribution in [2.75, 3.05) is 0 Å². The number of hydrogen-bond acceptors (Lipinski definition) is 5. The quantitative estimate of drug-likeness (QED) is 0.666. The highest BCUT2D eigenvalue weighted by Crippen LogP contribution is 2.63. The average Bonchev–Trinajstić information content (AvgIpc) is 2.74. The zero-order valence-electron chi connectivity index (χ0n) is 12.2. The molecule has 6 rings (SSSR count). The molecular weight excluding hydrogens is 272 g/mol. The van der Waals surface area contributed by atoms with Crippen molar-refractivity contribution in [2.24, 2.45) is 23.7 Å². The van der Waals surface area contributed by atoms with E-state index in [-0.39, 0.29) is 0 Å². The van der Waals surface area contributed by atoms with Crippen LogP contribution < -0.4 is 0 Å². The number of ether oxygens (including phenoxy) is 1. The van der Waals surface area contributed by atoms with E-state index in [1.165, 1.54) is 32.1 Å². The molecule has 0 amide bonds. The first-order chi connectivity index (χ1) is 10.1. The molecule has 21 heavy (non-hydrogen) atoms. The molecular formula is C16H24O5. The van der Waals surface area contributed by atoms with Gasteiger partial charge in [-0.1, -0.05) is 0 Å². The van der Waals surface area contributed by atoms with Crippen molar-refractivity contribution in [3.63, 3.8) is 0 Å². The van der Waals surface area contributed by atoms with E-state index in [0.717, 1.165) is 11.8 Å². The van der Waals surface area contributed by atoms with Crippen LogP contribution in [0.1, 0.15) is 51.4 Å². The number of aliphatic hydroxyl groups is 2. The minimum absolute atomic E-state index is 0.401. The van der Waals surface area contributed by atoms with Crippen molar-refractivity contribution in [1.29, 1.82) is 0 Å². The van der Waals surface area contributed by atoms with Gasteiger partial charge in [0, 0.05) is 24.7 Å². The van der Waals surface area contributed by atoms with E-state index in [4.69, 9.17) is 14.5 Å². The summed E-state index contributed by atoms with van der Waals surface area (Å²) >= 11 is 0. The second kappa shape index (κ2) is 4.20. The van der Waals surface area contributed by atoms with Crippen molar-refractivity contribution < 1.29 is 24.7 Å². The minimum atomic E-state index is -0.938. The maximum atomic E-state index is 9.97. The first-order valence-corrected chi connectivity index (χ1v) is 8.50. The van der Waals surface area contributed by atoms with Gasteiger partial charge < -0.3 is 14.9 Å². The van der Waals surface area contributed by atoms with Crippen molar-refractivity contribution in [3.8, 4) is 0 Å². The summed E-state index contributed by atoms with van der Waals surface area (Å²) < 4.78 is 6.43. The average molecular weight is 296 g/mol. The van der Waals surface area contributed by atoms with Gasteiger partial charge in [0.1, 0.15) is 0 Å². The van der Waals surface area contributed by atoms with Crippen LogP contribution in [0.3, 0.4) is 0 Å². The van der Waals surface area contributed by atoms with Crippen LogP contribution in [0.15, 0.2) is 0 Å². The largest absolute Gasteiger partial charge is 0.393 e. The molecule has 6 fully saturated rings. The molecule has 0 radical (unpaired) electrons. The highest BCUT2D eigenvalue weighted by Gasteiger charge is 2.67. The molecule has 5 nitrogen and oxygen atoms in total. The maximum absolute atomic E-state index is 9.97. The highest BCUT2D eigenvalue weighted by molar-refractivity contribution is 5.06. The van der Waals surface area contributed by atoms with Crippen LogP contribution >= 0.6 is 0 Å². The van der Waals surface area contributed by atoms with Gasteiger partial charge >= 0.3 is 0 Å². The molecule has 1 saturated heterocycles. The summed E-state index contributed by atoms with van der Waals surface area (Å²) in [6.45, 7) is 0. The molecule has 5 aliphatic carbocycles. The molecule has 0 aromatic carbocycles. The Hall–Kier alpha value is -0.200. The van der Waals surface area contributed by atoms with E-state index in [9.17, 15) is 10.2 Å². The lowest BCUT2D eigenvalue weighted by atomic mass is 9.53. The fourth-order valence-electron chi connectivity index (χ4n) is 6.04. The standard InChI is InChI=1S/C16H24O5/c17-13-6-14(18)8-15(7-13)19-16(21-20-15)11-2-9-1-10(4-11)5-12(16)3-9/h9-14,17-18H,1-8H2.